The standard InChI is InChI=1S/C17H17N3O2/c1-3-22-15-5-6-16(12(2)8-15)20-11-13(4-7-17(20)21)14-9-18-19-10-14/h4-11H,3H2,1-2H3,(H,18,19). The summed E-state index contributed by atoms with van der Waals surface area (Å²) in [6.07, 6.45) is 5.36. The normalized spacial score (nSPS) is 10.6. The van der Waals surface area contributed by atoms with Gasteiger partial charge in [-0.1, -0.05) is 0 Å². The van der Waals surface area contributed by atoms with Crippen LogP contribution in [0.25, 0.3) is 16.8 Å². The molecule has 3 rings (SSSR count). The Morgan fingerprint density at radius 1 is 1.23 bits per heavy atom. The van der Waals surface area contributed by atoms with Gasteiger partial charge in [-0.05, 0) is 43.7 Å². The van der Waals surface area contributed by atoms with E-state index in [1.54, 1.807) is 29.1 Å². The van der Waals surface area contributed by atoms with Gasteiger partial charge in [-0.3, -0.25) is 14.5 Å². The maximum absolute atomic E-state index is 12.2. The first kappa shape index (κ1) is 14.1. The second kappa shape index (κ2) is 5.89. The molecule has 112 valence electrons. The average molecular weight is 295 g/mol. The number of nitrogens with one attached hydrogen (secondary N) is 1. The van der Waals surface area contributed by atoms with Crippen LogP contribution in [0.1, 0.15) is 12.5 Å². The van der Waals surface area contributed by atoms with Crippen molar-refractivity contribution < 1.29 is 4.74 Å². The van der Waals surface area contributed by atoms with Crippen LogP contribution in [0, 0.1) is 6.92 Å². The van der Waals surface area contributed by atoms with Gasteiger partial charge >= 0.3 is 0 Å². The second-order valence-electron chi connectivity index (χ2n) is 4.99. The number of pyridine rings is 1. The van der Waals surface area contributed by atoms with Gasteiger partial charge in [0.25, 0.3) is 5.56 Å². The van der Waals surface area contributed by atoms with Crippen molar-refractivity contribution in [2.75, 3.05) is 6.61 Å². The molecule has 5 nitrogen and oxygen atoms in total. The summed E-state index contributed by atoms with van der Waals surface area (Å²) in [6, 6.07) is 9.09. The van der Waals surface area contributed by atoms with Crippen LogP contribution in [0.3, 0.4) is 0 Å². The minimum Gasteiger partial charge on any atom is -0.494 e. The molecule has 0 aliphatic rings. The van der Waals surface area contributed by atoms with Crippen LogP contribution in [0.4, 0.5) is 0 Å². The van der Waals surface area contributed by atoms with Crippen LogP contribution >= 0.6 is 0 Å². The van der Waals surface area contributed by atoms with Crippen molar-refractivity contribution in [2.24, 2.45) is 0 Å². The molecule has 2 heterocycles. The van der Waals surface area contributed by atoms with E-state index in [1.165, 1.54) is 0 Å². The predicted molar refractivity (Wildman–Crippen MR) is 85.5 cm³/mol. The molecule has 0 radical (unpaired) electrons. The summed E-state index contributed by atoms with van der Waals surface area (Å²) >= 11 is 0. The molecule has 0 fully saturated rings. The molecule has 0 atom stereocenters. The highest BCUT2D eigenvalue weighted by Crippen LogP contribution is 2.22. The predicted octanol–water partition coefficient (Wildman–Crippen LogP) is 2.93. The Morgan fingerprint density at radius 2 is 2.09 bits per heavy atom. The first-order valence-electron chi connectivity index (χ1n) is 7.14. The van der Waals surface area contributed by atoms with Crippen LogP contribution in [0.15, 0.2) is 53.7 Å². The van der Waals surface area contributed by atoms with Gasteiger partial charge in [-0.15, -0.1) is 0 Å². The van der Waals surface area contributed by atoms with E-state index in [2.05, 4.69) is 10.2 Å². The van der Waals surface area contributed by atoms with Crippen LogP contribution in [0.2, 0.25) is 0 Å². The quantitative estimate of drug-likeness (QED) is 0.805. The highest BCUT2D eigenvalue weighted by Gasteiger charge is 2.07. The Bertz CT molecular complexity index is 835. The zero-order chi connectivity index (χ0) is 15.5. The number of nitrogens with zero attached hydrogens (tertiary/aromatic N) is 2. The van der Waals surface area contributed by atoms with E-state index >= 15 is 0 Å². The van der Waals surface area contributed by atoms with E-state index in [1.807, 2.05) is 38.2 Å². The number of benzene rings is 1. The summed E-state index contributed by atoms with van der Waals surface area (Å²) in [7, 11) is 0. The van der Waals surface area contributed by atoms with E-state index in [4.69, 9.17) is 4.74 Å². The van der Waals surface area contributed by atoms with Crippen LogP contribution in [0.5, 0.6) is 5.75 Å². The fourth-order valence-corrected chi connectivity index (χ4v) is 2.41. The van der Waals surface area contributed by atoms with Gasteiger partial charge in [0.1, 0.15) is 5.75 Å². The zero-order valence-electron chi connectivity index (χ0n) is 12.5. The summed E-state index contributed by atoms with van der Waals surface area (Å²) in [4.78, 5) is 12.2. The lowest BCUT2D eigenvalue weighted by atomic mass is 10.1. The third-order valence-electron chi connectivity index (χ3n) is 3.48. The third-order valence-corrected chi connectivity index (χ3v) is 3.48. The minimum absolute atomic E-state index is 0.0699. The fraction of sp³-hybridized carbons (Fsp3) is 0.176. The monoisotopic (exact) mass is 295 g/mol. The van der Waals surface area contributed by atoms with E-state index in [-0.39, 0.29) is 5.56 Å². The number of aromatic amines is 1. The highest BCUT2D eigenvalue weighted by molar-refractivity contribution is 5.61. The third kappa shape index (κ3) is 2.65. The van der Waals surface area contributed by atoms with Crippen molar-refractivity contribution in [2.45, 2.75) is 13.8 Å². The van der Waals surface area contributed by atoms with Crippen molar-refractivity contribution in [1.82, 2.24) is 14.8 Å². The zero-order valence-corrected chi connectivity index (χ0v) is 12.5. The molecule has 0 aliphatic carbocycles. The molecule has 0 spiro atoms. The topological polar surface area (TPSA) is 59.9 Å². The number of hydrogen-bond acceptors (Lipinski definition) is 3. The molecule has 0 amide bonds. The van der Waals surface area contributed by atoms with E-state index in [0.717, 1.165) is 28.1 Å². The summed E-state index contributed by atoms with van der Waals surface area (Å²) < 4.78 is 7.14. The Hall–Kier alpha value is -2.82. The van der Waals surface area contributed by atoms with Crippen molar-refractivity contribution >= 4 is 0 Å². The summed E-state index contributed by atoms with van der Waals surface area (Å²) in [5, 5.41) is 6.73. The molecule has 22 heavy (non-hydrogen) atoms. The molecule has 0 bridgehead atoms. The van der Waals surface area contributed by atoms with E-state index in [9.17, 15) is 4.79 Å². The van der Waals surface area contributed by atoms with Gasteiger partial charge in [0.2, 0.25) is 0 Å². The van der Waals surface area contributed by atoms with Crippen molar-refractivity contribution in [3.8, 4) is 22.6 Å². The molecule has 0 saturated heterocycles. The van der Waals surface area contributed by atoms with Crippen molar-refractivity contribution in [3.05, 3.63) is 64.8 Å². The number of rotatable bonds is 4. The summed E-state index contributed by atoms with van der Waals surface area (Å²) in [5.74, 6) is 0.808. The summed E-state index contributed by atoms with van der Waals surface area (Å²) in [5.41, 5.74) is 3.63. The Labute approximate surface area is 128 Å². The SMILES string of the molecule is CCOc1ccc(-n2cc(-c3cn[nH]c3)ccc2=O)c(C)c1. The molecule has 0 saturated carbocycles. The lowest BCUT2D eigenvalue weighted by molar-refractivity contribution is 0.340. The number of hydrogen-bond donors (Lipinski definition) is 1. The molecule has 1 N–H and O–H groups in total. The summed E-state index contributed by atoms with van der Waals surface area (Å²) in [6.45, 7) is 4.53. The van der Waals surface area contributed by atoms with Gasteiger partial charge in [0.05, 0.1) is 18.5 Å². The molecule has 5 heteroatoms. The van der Waals surface area contributed by atoms with E-state index in [0.29, 0.717) is 6.61 Å². The average Bonchev–Trinajstić information content (AvgIpc) is 3.03. The molecule has 3 aromatic rings. The number of H-pyrrole nitrogens is 1. The maximum atomic E-state index is 12.2. The van der Waals surface area contributed by atoms with Crippen LogP contribution in [-0.4, -0.2) is 21.4 Å². The van der Waals surface area contributed by atoms with Crippen molar-refractivity contribution in [3.63, 3.8) is 0 Å². The Kier molecular flexibility index (Phi) is 3.78. The Balaban J connectivity index is 2.08. The molecular formula is C17H17N3O2. The van der Waals surface area contributed by atoms with Gasteiger partial charge in [0, 0.05) is 29.6 Å². The lowest BCUT2D eigenvalue weighted by Gasteiger charge is -2.12. The van der Waals surface area contributed by atoms with Gasteiger partial charge in [0.15, 0.2) is 0 Å². The molecule has 1 aromatic carbocycles. The van der Waals surface area contributed by atoms with Crippen molar-refractivity contribution in [1.29, 1.82) is 0 Å². The Morgan fingerprint density at radius 3 is 2.77 bits per heavy atom. The second-order valence-corrected chi connectivity index (χ2v) is 4.99. The molecular weight excluding hydrogens is 278 g/mol. The van der Waals surface area contributed by atoms with Gasteiger partial charge in [-0.25, -0.2) is 0 Å². The van der Waals surface area contributed by atoms with Gasteiger partial charge in [-0.2, -0.15) is 5.10 Å². The van der Waals surface area contributed by atoms with Gasteiger partial charge < -0.3 is 4.74 Å². The van der Waals surface area contributed by atoms with E-state index < -0.39 is 0 Å². The number of aryl methyl sites for hydroxylation is 1. The highest BCUT2D eigenvalue weighted by atomic mass is 16.5. The number of aromatic nitrogens is 3. The fourth-order valence-electron chi connectivity index (χ4n) is 2.41. The number of ether oxygens (including phenoxy) is 1. The molecule has 0 aliphatic heterocycles. The molecule has 2 aromatic heterocycles. The maximum Gasteiger partial charge on any atom is 0.255 e. The minimum atomic E-state index is -0.0699. The first-order chi connectivity index (χ1) is 10.7. The lowest BCUT2D eigenvalue weighted by Crippen LogP contribution is -2.17. The first-order valence-corrected chi connectivity index (χ1v) is 7.14. The van der Waals surface area contributed by atoms with Crippen LogP contribution < -0.4 is 10.3 Å². The van der Waals surface area contributed by atoms with Crippen LogP contribution in [-0.2, 0) is 0 Å². The largest absolute Gasteiger partial charge is 0.494 e. The molecule has 0 unspecified atom stereocenters. The smallest absolute Gasteiger partial charge is 0.255 e.